The van der Waals surface area contributed by atoms with Gasteiger partial charge < -0.3 is 11.1 Å². The van der Waals surface area contributed by atoms with Gasteiger partial charge in [-0.15, -0.1) is 0 Å². The first-order valence-electron chi connectivity index (χ1n) is 6.00. The number of anilines is 2. The van der Waals surface area contributed by atoms with Crippen LogP contribution in [0.25, 0.3) is 0 Å². The number of nitrogens with zero attached hydrogens (tertiary/aromatic N) is 1. The van der Waals surface area contributed by atoms with Crippen LogP contribution in [-0.2, 0) is 0 Å². The van der Waals surface area contributed by atoms with E-state index in [9.17, 15) is 14.9 Å². The monoisotopic (exact) mass is 349 g/mol. The van der Waals surface area contributed by atoms with E-state index in [2.05, 4.69) is 21.2 Å². The molecule has 0 unspecified atom stereocenters. The fraction of sp³-hybridized carbons (Fsp3) is 0.0714. The molecular formula is C14H12BrN3O3. The third-order valence-electron chi connectivity index (χ3n) is 2.93. The highest BCUT2D eigenvalue weighted by atomic mass is 79.9. The Hall–Kier alpha value is -2.41. The molecule has 6 nitrogen and oxygen atoms in total. The van der Waals surface area contributed by atoms with E-state index in [1.54, 1.807) is 12.1 Å². The van der Waals surface area contributed by atoms with Crippen molar-refractivity contribution < 1.29 is 9.72 Å². The summed E-state index contributed by atoms with van der Waals surface area (Å²) in [7, 11) is 0. The number of carbonyl (C=O) groups excluding carboxylic acids is 1. The summed E-state index contributed by atoms with van der Waals surface area (Å²) in [5.41, 5.74) is 6.98. The topological polar surface area (TPSA) is 98.3 Å². The summed E-state index contributed by atoms with van der Waals surface area (Å²) < 4.78 is 0.767. The molecule has 0 bridgehead atoms. The lowest BCUT2D eigenvalue weighted by Gasteiger charge is -2.09. The van der Waals surface area contributed by atoms with Crippen LogP contribution in [0.4, 0.5) is 17.1 Å². The molecule has 108 valence electrons. The van der Waals surface area contributed by atoms with Crippen molar-refractivity contribution in [3.8, 4) is 0 Å². The molecule has 0 aliphatic heterocycles. The summed E-state index contributed by atoms with van der Waals surface area (Å²) in [5, 5.41) is 13.5. The third-order valence-corrected chi connectivity index (χ3v) is 3.98. The van der Waals surface area contributed by atoms with Crippen LogP contribution in [0, 0.1) is 17.0 Å². The molecule has 0 aliphatic rings. The zero-order valence-corrected chi connectivity index (χ0v) is 12.7. The minimum atomic E-state index is -0.616. The maximum Gasteiger partial charge on any atom is 0.292 e. The van der Waals surface area contributed by atoms with Crippen LogP contribution in [-0.4, -0.2) is 10.8 Å². The molecule has 0 aromatic heterocycles. The highest BCUT2D eigenvalue weighted by Gasteiger charge is 2.16. The second-order valence-electron chi connectivity index (χ2n) is 4.42. The number of nitrogens with one attached hydrogen (secondary N) is 1. The molecule has 0 fully saturated rings. The third kappa shape index (κ3) is 3.19. The van der Waals surface area contributed by atoms with Crippen LogP contribution in [0.2, 0.25) is 0 Å². The molecule has 0 saturated heterocycles. The number of nitro benzene ring substituents is 1. The molecule has 2 aromatic rings. The molecule has 0 atom stereocenters. The number of nitrogens with two attached hydrogens (primary N) is 1. The van der Waals surface area contributed by atoms with E-state index >= 15 is 0 Å². The van der Waals surface area contributed by atoms with Crippen molar-refractivity contribution in [2.45, 2.75) is 6.92 Å². The lowest BCUT2D eigenvalue weighted by molar-refractivity contribution is -0.383. The Morgan fingerprint density at radius 3 is 2.71 bits per heavy atom. The van der Waals surface area contributed by atoms with Crippen molar-refractivity contribution in [3.05, 3.63) is 62.1 Å². The maximum atomic E-state index is 12.2. The molecule has 2 rings (SSSR count). The number of nitro groups is 1. The first-order chi connectivity index (χ1) is 9.90. The number of carbonyl (C=O) groups is 1. The maximum absolute atomic E-state index is 12.2. The van der Waals surface area contributed by atoms with Crippen LogP contribution in [0.1, 0.15) is 15.9 Å². The van der Waals surface area contributed by atoms with E-state index in [-0.39, 0.29) is 16.9 Å². The average molecular weight is 350 g/mol. The van der Waals surface area contributed by atoms with Crippen LogP contribution < -0.4 is 11.1 Å². The van der Waals surface area contributed by atoms with E-state index in [0.717, 1.165) is 16.1 Å². The predicted molar refractivity (Wildman–Crippen MR) is 84.3 cm³/mol. The van der Waals surface area contributed by atoms with Gasteiger partial charge in [0.15, 0.2) is 0 Å². The second kappa shape index (κ2) is 5.92. The molecule has 0 aliphatic carbocycles. The Balaban J connectivity index is 2.31. The normalized spacial score (nSPS) is 10.2. The quantitative estimate of drug-likeness (QED) is 0.503. The summed E-state index contributed by atoms with van der Waals surface area (Å²) in [4.78, 5) is 22.4. The lowest BCUT2D eigenvalue weighted by atomic mass is 10.1. The highest BCUT2D eigenvalue weighted by Crippen LogP contribution is 2.27. The SMILES string of the molecule is Cc1cccc(NC(=O)c2ccc(N)c([N+](=O)[O-])c2)c1Br. The predicted octanol–water partition coefficient (Wildman–Crippen LogP) is 3.50. The van der Waals surface area contributed by atoms with Gasteiger partial charge in [0.2, 0.25) is 0 Å². The molecule has 2 aromatic carbocycles. The van der Waals surface area contributed by atoms with Crippen molar-refractivity contribution in [2.24, 2.45) is 0 Å². The first-order valence-corrected chi connectivity index (χ1v) is 6.80. The Bertz CT molecular complexity index is 731. The van der Waals surface area contributed by atoms with Gasteiger partial charge in [-0.25, -0.2) is 0 Å². The zero-order chi connectivity index (χ0) is 15.6. The molecule has 0 radical (unpaired) electrons. The summed E-state index contributed by atoms with van der Waals surface area (Å²) in [6.45, 7) is 1.90. The van der Waals surface area contributed by atoms with E-state index in [1.807, 2.05) is 13.0 Å². The number of halogens is 1. The number of aryl methyl sites for hydroxylation is 1. The number of rotatable bonds is 3. The molecule has 0 saturated carbocycles. The standard InChI is InChI=1S/C14H12BrN3O3/c1-8-3-2-4-11(13(8)15)17-14(19)9-5-6-10(16)12(7-9)18(20)21/h2-7H,16H2,1H3,(H,17,19). The van der Waals surface area contributed by atoms with Gasteiger partial charge >= 0.3 is 0 Å². The Morgan fingerprint density at radius 1 is 1.33 bits per heavy atom. The zero-order valence-electron chi connectivity index (χ0n) is 11.1. The fourth-order valence-electron chi connectivity index (χ4n) is 1.78. The van der Waals surface area contributed by atoms with Crippen molar-refractivity contribution in [1.29, 1.82) is 0 Å². The average Bonchev–Trinajstić information content (AvgIpc) is 2.44. The molecule has 7 heteroatoms. The van der Waals surface area contributed by atoms with E-state index in [4.69, 9.17) is 5.73 Å². The number of amides is 1. The highest BCUT2D eigenvalue weighted by molar-refractivity contribution is 9.10. The van der Waals surface area contributed by atoms with Gasteiger partial charge in [0.25, 0.3) is 11.6 Å². The Morgan fingerprint density at radius 2 is 2.05 bits per heavy atom. The minimum Gasteiger partial charge on any atom is -0.393 e. The molecule has 21 heavy (non-hydrogen) atoms. The lowest BCUT2D eigenvalue weighted by Crippen LogP contribution is -2.13. The van der Waals surface area contributed by atoms with Crippen LogP contribution in [0.5, 0.6) is 0 Å². The van der Waals surface area contributed by atoms with E-state index < -0.39 is 10.8 Å². The van der Waals surface area contributed by atoms with E-state index in [0.29, 0.717) is 5.69 Å². The van der Waals surface area contributed by atoms with Gasteiger partial charge in [-0.05, 0) is 46.6 Å². The number of nitrogen functional groups attached to an aromatic ring is 1. The molecule has 3 N–H and O–H groups in total. The van der Waals surface area contributed by atoms with E-state index in [1.165, 1.54) is 12.1 Å². The fourth-order valence-corrected chi connectivity index (χ4v) is 2.14. The first kappa shape index (κ1) is 15.0. The molecule has 0 heterocycles. The Kier molecular flexibility index (Phi) is 4.23. The van der Waals surface area contributed by atoms with Gasteiger partial charge in [-0.3, -0.25) is 14.9 Å². The summed E-state index contributed by atoms with van der Waals surface area (Å²) in [6.07, 6.45) is 0. The molecule has 1 amide bonds. The number of benzene rings is 2. The van der Waals surface area contributed by atoms with Crippen LogP contribution in [0.15, 0.2) is 40.9 Å². The van der Waals surface area contributed by atoms with Crippen molar-refractivity contribution in [3.63, 3.8) is 0 Å². The van der Waals surface area contributed by atoms with Crippen LogP contribution >= 0.6 is 15.9 Å². The van der Waals surface area contributed by atoms with Gasteiger partial charge in [-0.2, -0.15) is 0 Å². The van der Waals surface area contributed by atoms with Crippen LogP contribution in [0.3, 0.4) is 0 Å². The second-order valence-corrected chi connectivity index (χ2v) is 5.21. The smallest absolute Gasteiger partial charge is 0.292 e. The summed E-state index contributed by atoms with van der Waals surface area (Å²) in [5.74, 6) is -0.440. The van der Waals surface area contributed by atoms with Gasteiger partial charge in [-0.1, -0.05) is 12.1 Å². The molecular weight excluding hydrogens is 338 g/mol. The summed E-state index contributed by atoms with van der Waals surface area (Å²) >= 11 is 3.39. The van der Waals surface area contributed by atoms with Gasteiger partial charge in [0.1, 0.15) is 5.69 Å². The number of hydrogen-bond donors (Lipinski definition) is 2. The molecule has 0 spiro atoms. The van der Waals surface area contributed by atoms with Gasteiger partial charge in [0, 0.05) is 16.1 Å². The minimum absolute atomic E-state index is 0.0216. The Labute approximate surface area is 129 Å². The summed E-state index contributed by atoms with van der Waals surface area (Å²) in [6, 6.07) is 9.39. The van der Waals surface area contributed by atoms with Crippen molar-refractivity contribution in [2.75, 3.05) is 11.1 Å². The van der Waals surface area contributed by atoms with Crippen molar-refractivity contribution >= 4 is 38.9 Å². The number of hydrogen-bond acceptors (Lipinski definition) is 4. The van der Waals surface area contributed by atoms with Crippen molar-refractivity contribution in [1.82, 2.24) is 0 Å². The van der Waals surface area contributed by atoms with Gasteiger partial charge in [0.05, 0.1) is 10.6 Å². The largest absolute Gasteiger partial charge is 0.393 e.